The van der Waals surface area contributed by atoms with E-state index < -0.39 is 4.92 Å². The Kier molecular flexibility index (Phi) is 3.27. The average Bonchev–Trinajstić information content (AvgIpc) is 3.16. The molecule has 4 rings (SSSR count). The third-order valence-corrected chi connectivity index (χ3v) is 4.25. The number of benzene rings is 1. The minimum atomic E-state index is -0.436. The molecule has 3 aromatic heterocycles. The van der Waals surface area contributed by atoms with E-state index in [1.54, 1.807) is 6.07 Å². The van der Waals surface area contributed by atoms with Gasteiger partial charge >= 0.3 is 0 Å². The number of nitrogens with zero attached hydrogens (tertiary/aromatic N) is 5. The standard InChI is InChI=1S/C13H10N8O2S/c14-11-10-12(16-5-15-11)20-13(19-10)24-4-9-17-7-2-1-6(21(22)23)3-8(7)18-9/h1-3,5H,4H2,(H,17,18)(H3,14,15,16,19,20). The van der Waals surface area contributed by atoms with Crippen molar-refractivity contribution < 1.29 is 4.92 Å². The largest absolute Gasteiger partial charge is 0.382 e. The number of rotatable bonds is 4. The van der Waals surface area contributed by atoms with Gasteiger partial charge in [0.2, 0.25) is 0 Å². The van der Waals surface area contributed by atoms with E-state index >= 15 is 0 Å². The summed E-state index contributed by atoms with van der Waals surface area (Å²) >= 11 is 1.42. The molecule has 3 heterocycles. The predicted octanol–water partition coefficient (Wildman–Crippen LogP) is 2.01. The normalized spacial score (nSPS) is 11.3. The Hall–Kier alpha value is -3.21. The van der Waals surface area contributed by atoms with E-state index in [-0.39, 0.29) is 5.69 Å². The molecule has 0 fully saturated rings. The first-order valence-electron chi connectivity index (χ1n) is 6.82. The zero-order chi connectivity index (χ0) is 16.7. The third kappa shape index (κ3) is 2.50. The Morgan fingerprint density at radius 1 is 1.25 bits per heavy atom. The quantitative estimate of drug-likeness (QED) is 0.289. The Morgan fingerprint density at radius 2 is 2.12 bits per heavy atom. The Labute approximate surface area is 138 Å². The van der Waals surface area contributed by atoms with Crippen molar-refractivity contribution in [1.29, 1.82) is 0 Å². The maximum atomic E-state index is 10.8. The number of aromatic nitrogens is 6. The van der Waals surface area contributed by atoms with E-state index in [1.165, 1.54) is 30.2 Å². The van der Waals surface area contributed by atoms with E-state index in [1.807, 2.05) is 0 Å². The topological polar surface area (TPSA) is 152 Å². The predicted molar refractivity (Wildman–Crippen MR) is 88.4 cm³/mol. The molecule has 0 aliphatic heterocycles. The summed E-state index contributed by atoms with van der Waals surface area (Å²) in [6.45, 7) is 0. The van der Waals surface area contributed by atoms with Crippen molar-refractivity contribution in [2.24, 2.45) is 0 Å². The lowest BCUT2D eigenvalue weighted by atomic mass is 10.3. The van der Waals surface area contributed by atoms with Crippen LogP contribution in [0.5, 0.6) is 0 Å². The first-order chi connectivity index (χ1) is 11.6. The van der Waals surface area contributed by atoms with Crippen molar-refractivity contribution in [3.8, 4) is 0 Å². The van der Waals surface area contributed by atoms with Gasteiger partial charge in [-0.25, -0.2) is 19.9 Å². The molecule has 0 radical (unpaired) electrons. The fraction of sp³-hybridized carbons (Fsp3) is 0.0769. The fourth-order valence-electron chi connectivity index (χ4n) is 2.26. The summed E-state index contributed by atoms with van der Waals surface area (Å²) in [6.07, 6.45) is 1.36. The third-order valence-electron chi connectivity index (χ3n) is 3.37. The monoisotopic (exact) mass is 342 g/mol. The minimum absolute atomic E-state index is 0.0247. The molecular weight excluding hydrogens is 332 g/mol. The van der Waals surface area contributed by atoms with Gasteiger partial charge in [0.25, 0.3) is 5.69 Å². The van der Waals surface area contributed by atoms with Crippen molar-refractivity contribution in [1.82, 2.24) is 29.9 Å². The van der Waals surface area contributed by atoms with Crippen LogP contribution in [-0.4, -0.2) is 34.8 Å². The van der Waals surface area contributed by atoms with Crippen LogP contribution in [0.25, 0.3) is 22.2 Å². The van der Waals surface area contributed by atoms with Crippen LogP contribution in [0.1, 0.15) is 5.82 Å². The lowest BCUT2D eigenvalue weighted by Gasteiger charge is -1.93. The van der Waals surface area contributed by atoms with Gasteiger partial charge in [0, 0.05) is 12.1 Å². The van der Waals surface area contributed by atoms with Gasteiger partial charge in [-0.15, -0.1) is 0 Å². The molecule has 10 nitrogen and oxygen atoms in total. The molecule has 120 valence electrons. The van der Waals surface area contributed by atoms with Crippen molar-refractivity contribution in [2.75, 3.05) is 5.73 Å². The molecule has 0 atom stereocenters. The zero-order valence-corrected chi connectivity index (χ0v) is 12.9. The molecule has 0 unspecified atom stereocenters. The SMILES string of the molecule is Nc1ncnc2nc(SCc3nc4ccc([N+](=O)[O-])cc4[nH]3)[nH]c12. The number of nitro benzene ring substituents is 1. The molecule has 24 heavy (non-hydrogen) atoms. The number of nitrogen functional groups attached to an aromatic ring is 1. The van der Waals surface area contributed by atoms with E-state index in [9.17, 15) is 10.1 Å². The maximum Gasteiger partial charge on any atom is 0.271 e. The minimum Gasteiger partial charge on any atom is -0.382 e. The molecule has 4 aromatic rings. The first kappa shape index (κ1) is 14.4. The number of aromatic amines is 2. The van der Waals surface area contributed by atoms with E-state index in [4.69, 9.17) is 5.73 Å². The van der Waals surface area contributed by atoms with Gasteiger partial charge in [-0.2, -0.15) is 0 Å². The van der Waals surface area contributed by atoms with Gasteiger partial charge in [0.1, 0.15) is 17.7 Å². The van der Waals surface area contributed by atoms with Crippen LogP contribution in [0.4, 0.5) is 11.5 Å². The number of anilines is 1. The summed E-state index contributed by atoms with van der Waals surface area (Å²) in [7, 11) is 0. The van der Waals surface area contributed by atoms with Crippen LogP contribution in [0.3, 0.4) is 0 Å². The Bertz CT molecular complexity index is 1070. The summed E-state index contributed by atoms with van der Waals surface area (Å²) in [5.41, 5.74) is 8.19. The number of imidazole rings is 2. The fourth-order valence-corrected chi connectivity index (χ4v) is 3.00. The van der Waals surface area contributed by atoms with E-state index in [2.05, 4.69) is 29.9 Å². The summed E-state index contributed by atoms with van der Waals surface area (Å²) in [6, 6.07) is 4.52. The summed E-state index contributed by atoms with van der Waals surface area (Å²) in [5.74, 6) is 1.54. The summed E-state index contributed by atoms with van der Waals surface area (Å²) in [5, 5.41) is 11.5. The number of hydrogen-bond donors (Lipinski definition) is 3. The highest BCUT2D eigenvalue weighted by atomic mass is 32.2. The lowest BCUT2D eigenvalue weighted by molar-refractivity contribution is -0.384. The lowest BCUT2D eigenvalue weighted by Crippen LogP contribution is -1.91. The van der Waals surface area contributed by atoms with Crippen LogP contribution >= 0.6 is 11.8 Å². The number of nitrogens with one attached hydrogen (secondary N) is 2. The molecular formula is C13H10N8O2S. The molecule has 0 amide bonds. The molecule has 0 bridgehead atoms. The number of nitro groups is 1. The number of non-ortho nitro benzene ring substituents is 1. The smallest absolute Gasteiger partial charge is 0.271 e. The summed E-state index contributed by atoms with van der Waals surface area (Å²) < 4.78 is 0. The number of nitrogens with two attached hydrogens (primary N) is 1. The molecule has 0 spiro atoms. The highest BCUT2D eigenvalue weighted by Gasteiger charge is 2.12. The van der Waals surface area contributed by atoms with Crippen LogP contribution in [0.2, 0.25) is 0 Å². The van der Waals surface area contributed by atoms with Crippen LogP contribution in [0.15, 0.2) is 29.7 Å². The molecule has 0 aliphatic rings. The second kappa shape index (κ2) is 5.45. The highest BCUT2D eigenvalue weighted by Crippen LogP contribution is 2.25. The van der Waals surface area contributed by atoms with E-state index in [0.29, 0.717) is 44.7 Å². The van der Waals surface area contributed by atoms with Crippen molar-refractivity contribution in [3.05, 3.63) is 40.5 Å². The van der Waals surface area contributed by atoms with Crippen molar-refractivity contribution >= 4 is 45.5 Å². The van der Waals surface area contributed by atoms with Crippen LogP contribution in [0, 0.1) is 10.1 Å². The molecule has 0 saturated carbocycles. The molecule has 0 aliphatic carbocycles. The van der Waals surface area contributed by atoms with Crippen LogP contribution in [-0.2, 0) is 5.75 Å². The number of fused-ring (bicyclic) bond motifs is 2. The summed E-state index contributed by atoms with van der Waals surface area (Å²) in [4.78, 5) is 33.2. The number of hydrogen-bond acceptors (Lipinski definition) is 8. The van der Waals surface area contributed by atoms with Gasteiger partial charge in [0.05, 0.1) is 21.7 Å². The van der Waals surface area contributed by atoms with Gasteiger partial charge < -0.3 is 15.7 Å². The number of thioether (sulfide) groups is 1. The van der Waals surface area contributed by atoms with Gasteiger partial charge in [-0.05, 0) is 6.07 Å². The van der Waals surface area contributed by atoms with Crippen LogP contribution < -0.4 is 5.73 Å². The average molecular weight is 342 g/mol. The zero-order valence-electron chi connectivity index (χ0n) is 12.1. The van der Waals surface area contributed by atoms with Crippen molar-refractivity contribution in [2.45, 2.75) is 10.9 Å². The Balaban J connectivity index is 1.57. The second-order valence-corrected chi connectivity index (χ2v) is 5.89. The second-order valence-electron chi connectivity index (χ2n) is 4.93. The van der Waals surface area contributed by atoms with Gasteiger partial charge in [-0.3, -0.25) is 10.1 Å². The molecule has 1 aromatic carbocycles. The molecule has 11 heteroatoms. The molecule has 0 saturated heterocycles. The number of H-pyrrole nitrogens is 2. The van der Waals surface area contributed by atoms with Gasteiger partial charge in [0.15, 0.2) is 16.6 Å². The van der Waals surface area contributed by atoms with Gasteiger partial charge in [-0.1, -0.05) is 11.8 Å². The maximum absolute atomic E-state index is 10.8. The Morgan fingerprint density at radius 3 is 2.92 bits per heavy atom. The van der Waals surface area contributed by atoms with E-state index in [0.717, 1.165) is 0 Å². The highest BCUT2D eigenvalue weighted by molar-refractivity contribution is 7.98. The molecule has 4 N–H and O–H groups in total. The first-order valence-corrected chi connectivity index (χ1v) is 7.81. The van der Waals surface area contributed by atoms with Crippen molar-refractivity contribution in [3.63, 3.8) is 0 Å².